The molecule has 0 fully saturated rings. The Morgan fingerprint density at radius 1 is 1.14 bits per heavy atom. The lowest BCUT2D eigenvalue weighted by molar-refractivity contribution is 0.0997. The zero-order valence-electron chi connectivity index (χ0n) is 14.8. The first kappa shape index (κ1) is 17.9. The maximum Gasteiger partial charge on any atom is 0.293 e. The maximum absolute atomic E-state index is 13.6. The fraction of sp³-hybridized carbons (Fsp3) is 0.0476. The molecule has 0 atom stereocenters. The van der Waals surface area contributed by atoms with Gasteiger partial charge in [0.2, 0.25) is 0 Å². The third kappa shape index (κ3) is 3.52. The van der Waals surface area contributed by atoms with E-state index in [4.69, 9.17) is 9.15 Å². The number of hydrogen-bond acceptors (Lipinski definition) is 5. The SMILES string of the molecule is COc1ccc(F)cc1-c1csc(NC(=O)c2occc2-c2ccccc2)n1. The summed E-state index contributed by atoms with van der Waals surface area (Å²) in [5, 5.41) is 4.84. The van der Waals surface area contributed by atoms with Crippen molar-refractivity contribution in [3.63, 3.8) is 0 Å². The van der Waals surface area contributed by atoms with Gasteiger partial charge < -0.3 is 9.15 Å². The van der Waals surface area contributed by atoms with Gasteiger partial charge in [0.05, 0.1) is 19.1 Å². The molecule has 5 nitrogen and oxygen atoms in total. The number of carbonyl (C=O) groups is 1. The van der Waals surface area contributed by atoms with E-state index in [1.165, 1.54) is 42.9 Å². The van der Waals surface area contributed by atoms with Crippen LogP contribution in [0.3, 0.4) is 0 Å². The number of thiazole rings is 1. The molecule has 0 bridgehead atoms. The van der Waals surface area contributed by atoms with Crippen LogP contribution in [0, 0.1) is 5.82 Å². The van der Waals surface area contributed by atoms with Crippen molar-refractivity contribution < 1.29 is 18.3 Å². The number of ether oxygens (including phenoxy) is 1. The van der Waals surface area contributed by atoms with Crippen LogP contribution in [-0.2, 0) is 0 Å². The normalized spacial score (nSPS) is 10.6. The molecule has 7 heteroatoms. The van der Waals surface area contributed by atoms with E-state index in [-0.39, 0.29) is 5.76 Å². The molecule has 0 radical (unpaired) electrons. The monoisotopic (exact) mass is 394 g/mol. The van der Waals surface area contributed by atoms with Crippen LogP contribution in [0.25, 0.3) is 22.4 Å². The Bertz CT molecular complexity index is 1120. The van der Waals surface area contributed by atoms with Gasteiger partial charge in [-0.15, -0.1) is 11.3 Å². The summed E-state index contributed by atoms with van der Waals surface area (Å²) in [6, 6.07) is 15.4. The van der Waals surface area contributed by atoms with Gasteiger partial charge in [-0.1, -0.05) is 30.3 Å². The van der Waals surface area contributed by atoms with Crippen molar-refractivity contribution in [3.05, 3.63) is 77.8 Å². The number of benzene rings is 2. The Morgan fingerprint density at radius 3 is 2.75 bits per heavy atom. The molecule has 0 aliphatic carbocycles. The highest BCUT2D eigenvalue weighted by molar-refractivity contribution is 7.14. The zero-order chi connectivity index (χ0) is 19.5. The highest BCUT2D eigenvalue weighted by atomic mass is 32.1. The Morgan fingerprint density at radius 2 is 1.96 bits per heavy atom. The minimum atomic E-state index is -0.407. The summed E-state index contributed by atoms with van der Waals surface area (Å²) in [5.74, 6) is -0.0957. The second-order valence-corrected chi connectivity index (χ2v) is 6.72. The van der Waals surface area contributed by atoms with Crippen LogP contribution in [0.2, 0.25) is 0 Å². The Balaban J connectivity index is 1.58. The van der Waals surface area contributed by atoms with E-state index in [2.05, 4.69) is 10.3 Å². The lowest BCUT2D eigenvalue weighted by Gasteiger charge is -2.06. The lowest BCUT2D eigenvalue weighted by atomic mass is 10.1. The molecule has 140 valence electrons. The van der Waals surface area contributed by atoms with Gasteiger partial charge in [0, 0.05) is 16.5 Å². The zero-order valence-corrected chi connectivity index (χ0v) is 15.6. The third-order valence-corrected chi connectivity index (χ3v) is 4.88. The number of rotatable bonds is 5. The van der Waals surface area contributed by atoms with Gasteiger partial charge in [-0.3, -0.25) is 10.1 Å². The molecule has 4 rings (SSSR count). The average molecular weight is 394 g/mol. The molecule has 0 aliphatic rings. The molecule has 28 heavy (non-hydrogen) atoms. The molecule has 2 aromatic carbocycles. The van der Waals surface area contributed by atoms with Crippen LogP contribution >= 0.6 is 11.3 Å². The maximum atomic E-state index is 13.6. The summed E-state index contributed by atoms with van der Waals surface area (Å²) in [6.45, 7) is 0. The molecule has 2 aromatic heterocycles. The molecule has 0 spiro atoms. The first-order valence-corrected chi connectivity index (χ1v) is 9.27. The van der Waals surface area contributed by atoms with Crippen molar-refractivity contribution in [1.29, 1.82) is 0 Å². The molecule has 0 aliphatic heterocycles. The number of furan rings is 1. The van der Waals surface area contributed by atoms with Gasteiger partial charge in [0.1, 0.15) is 11.6 Å². The van der Waals surface area contributed by atoms with Crippen LogP contribution in [-0.4, -0.2) is 18.0 Å². The summed E-state index contributed by atoms with van der Waals surface area (Å²) in [4.78, 5) is 17.1. The van der Waals surface area contributed by atoms with Gasteiger partial charge >= 0.3 is 0 Å². The summed E-state index contributed by atoms with van der Waals surface area (Å²) in [5.41, 5.74) is 2.61. The predicted octanol–water partition coefficient (Wildman–Crippen LogP) is 5.47. The number of carbonyl (C=O) groups excluding carboxylic acids is 1. The van der Waals surface area contributed by atoms with Crippen LogP contribution in [0.15, 0.2) is 70.7 Å². The summed E-state index contributed by atoms with van der Waals surface area (Å²) >= 11 is 1.23. The van der Waals surface area contributed by atoms with Crippen LogP contribution in [0.5, 0.6) is 5.75 Å². The molecule has 0 unspecified atom stereocenters. The predicted molar refractivity (Wildman–Crippen MR) is 106 cm³/mol. The number of methoxy groups -OCH3 is 1. The average Bonchev–Trinajstić information content (AvgIpc) is 3.38. The van der Waals surface area contributed by atoms with Crippen molar-refractivity contribution in [2.45, 2.75) is 0 Å². The Labute approximate surface area is 164 Å². The van der Waals surface area contributed by atoms with E-state index >= 15 is 0 Å². The van der Waals surface area contributed by atoms with E-state index in [0.29, 0.717) is 27.7 Å². The molecule has 1 N–H and O–H groups in total. The summed E-state index contributed by atoms with van der Waals surface area (Å²) < 4.78 is 24.3. The van der Waals surface area contributed by atoms with Gasteiger partial charge in [-0.2, -0.15) is 0 Å². The lowest BCUT2D eigenvalue weighted by Crippen LogP contribution is -2.11. The second kappa shape index (κ2) is 7.66. The van der Waals surface area contributed by atoms with Gasteiger partial charge in [-0.05, 0) is 29.8 Å². The number of nitrogens with one attached hydrogen (secondary N) is 1. The summed E-state index contributed by atoms with van der Waals surface area (Å²) in [6.07, 6.45) is 1.47. The number of nitrogens with zero attached hydrogens (tertiary/aromatic N) is 1. The largest absolute Gasteiger partial charge is 0.496 e. The highest BCUT2D eigenvalue weighted by Crippen LogP contribution is 2.33. The van der Waals surface area contributed by atoms with Crippen molar-refractivity contribution >= 4 is 22.4 Å². The number of anilines is 1. The number of hydrogen-bond donors (Lipinski definition) is 1. The van der Waals surface area contributed by atoms with E-state index in [1.54, 1.807) is 11.4 Å². The fourth-order valence-corrected chi connectivity index (χ4v) is 3.52. The van der Waals surface area contributed by atoms with Crippen molar-refractivity contribution in [3.8, 4) is 28.1 Å². The van der Waals surface area contributed by atoms with Gasteiger partial charge in [0.25, 0.3) is 5.91 Å². The third-order valence-electron chi connectivity index (χ3n) is 4.12. The minimum Gasteiger partial charge on any atom is -0.496 e. The summed E-state index contributed by atoms with van der Waals surface area (Å²) in [7, 11) is 1.51. The van der Waals surface area contributed by atoms with E-state index in [0.717, 1.165) is 5.56 Å². The Kier molecular flexibility index (Phi) is 4.90. The second-order valence-electron chi connectivity index (χ2n) is 5.87. The smallest absolute Gasteiger partial charge is 0.293 e. The van der Waals surface area contributed by atoms with Crippen molar-refractivity contribution in [2.24, 2.45) is 0 Å². The Hall–Kier alpha value is -3.45. The van der Waals surface area contributed by atoms with Crippen LogP contribution < -0.4 is 10.1 Å². The molecule has 0 saturated carbocycles. The number of aromatic nitrogens is 1. The fourth-order valence-electron chi connectivity index (χ4n) is 2.82. The molecule has 2 heterocycles. The van der Waals surface area contributed by atoms with Crippen molar-refractivity contribution in [2.75, 3.05) is 12.4 Å². The van der Waals surface area contributed by atoms with E-state index in [1.807, 2.05) is 30.3 Å². The topological polar surface area (TPSA) is 64.4 Å². The minimum absolute atomic E-state index is 0.200. The van der Waals surface area contributed by atoms with E-state index in [9.17, 15) is 9.18 Å². The van der Waals surface area contributed by atoms with Crippen LogP contribution in [0.1, 0.15) is 10.6 Å². The molecule has 0 saturated heterocycles. The highest BCUT2D eigenvalue weighted by Gasteiger charge is 2.19. The molecular formula is C21H15FN2O3S. The molecule has 1 amide bonds. The number of halogens is 1. The molecular weight excluding hydrogens is 379 g/mol. The number of amides is 1. The van der Waals surface area contributed by atoms with Crippen molar-refractivity contribution in [1.82, 2.24) is 4.98 Å². The van der Waals surface area contributed by atoms with E-state index < -0.39 is 11.7 Å². The van der Waals surface area contributed by atoms with Crippen LogP contribution in [0.4, 0.5) is 9.52 Å². The first-order valence-electron chi connectivity index (χ1n) is 8.39. The molecule has 4 aromatic rings. The standard InChI is InChI=1S/C21H15FN2O3S/c1-26-18-8-7-14(22)11-16(18)17-12-28-21(23-17)24-20(25)19-15(9-10-27-19)13-5-3-2-4-6-13/h2-12H,1H3,(H,23,24,25). The first-order chi connectivity index (χ1) is 13.7. The quantitative estimate of drug-likeness (QED) is 0.487. The van der Waals surface area contributed by atoms with Gasteiger partial charge in [-0.25, -0.2) is 9.37 Å². The van der Waals surface area contributed by atoms with Gasteiger partial charge in [0.15, 0.2) is 10.9 Å².